The zero-order valence-electron chi connectivity index (χ0n) is 12.2. The number of hydrogen-bond acceptors (Lipinski definition) is 4. The van der Waals surface area contributed by atoms with Crippen molar-refractivity contribution < 1.29 is 19.4 Å². The molecule has 0 aromatic heterocycles. The summed E-state index contributed by atoms with van der Waals surface area (Å²) in [5.41, 5.74) is 6.05. The predicted molar refractivity (Wildman–Crippen MR) is 84.0 cm³/mol. The first kappa shape index (κ1) is 15.8. The Morgan fingerprint density at radius 2 is 1.91 bits per heavy atom. The molecule has 0 saturated carbocycles. The second-order valence-electron chi connectivity index (χ2n) is 4.89. The molecule has 0 aliphatic carbocycles. The Hall–Kier alpha value is -2.60. The van der Waals surface area contributed by atoms with E-state index in [2.05, 4.69) is 5.32 Å². The van der Waals surface area contributed by atoms with E-state index in [0.29, 0.717) is 5.69 Å². The number of carboxylic acid groups (broad SMARTS) is 1. The second-order valence-corrected chi connectivity index (χ2v) is 4.89. The topological polar surface area (TPSA) is 102 Å². The van der Waals surface area contributed by atoms with Crippen LogP contribution < -0.4 is 15.8 Å². The third kappa shape index (κ3) is 3.53. The van der Waals surface area contributed by atoms with E-state index < -0.39 is 12.0 Å². The average molecular weight is 302 g/mol. The highest BCUT2D eigenvalue weighted by Crippen LogP contribution is 2.31. The molecule has 0 aliphatic rings. The van der Waals surface area contributed by atoms with Crippen LogP contribution in [0.1, 0.15) is 12.8 Å². The third-order valence-electron chi connectivity index (χ3n) is 3.38. The van der Waals surface area contributed by atoms with Crippen LogP contribution in [0.15, 0.2) is 36.4 Å². The van der Waals surface area contributed by atoms with Gasteiger partial charge in [0.2, 0.25) is 5.91 Å². The van der Waals surface area contributed by atoms with Crippen molar-refractivity contribution in [2.24, 2.45) is 5.73 Å². The highest BCUT2D eigenvalue weighted by atomic mass is 16.5. The Bertz CT molecular complexity index is 700. The number of nitrogens with two attached hydrogens (primary N) is 1. The van der Waals surface area contributed by atoms with Crippen molar-refractivity contribution >= 4 is 28.3 Å². The van der Waals surface area contributed by atoms with Gasteiger partial charge in [0, 0.05) is 22.9 Å². The van der Waals surface area contributed by atoms with Gasteiger partial charge in [0.15, 0.2) is 0 Å². The zero-order chi connectivity index (χ0) is 16.1. The maximum absolute atomic E-state index is 11.9. The van der Waals surface area contributed by atoms with Crippen LogP contribution in [0, 0.1) is 0 Å². The first-order chi connectivity index (χ1) is 10.5. The molecule has 0 saturated heterocycles. The highest BCUT2D eigenvalue weighted by molar-refractivity contribution is 6.04. The minimum absolute atomic E-state index is 0.0494. The molecule has 1 atom stereocenters. The molecule has 0 spiro atoms. The summed E-state index contributed by atoms with van der Waals surface area (Å²) in [7, 11) is 1.59. The molecule has 0 aliphatic heterocycles. The van der Waals surface area contributed by atoms with E-state index in [1.807, 2.05) is 24.3 Å². The van der Waals surface area contributed by atoms with Gasteiger partial charge in [0.25, 0.3) is 0 Å². The van der Waals surface area contributed by atoms with Crippen molar-refractivity contribution in [2.75, 3.05) is 12.4 Å². The molecule has 2 rings (SSSR count). The number of amides is 1. The maximum Gasteiger partial charge on any atom is 0.320 e. The number of anilines is 1. The number of ether oxygens (including phenoxy) is 1. The van der Waals surface area contributed by atoms with E-state index in [4.69, 9.17) is 15.6 Å². The highest BCUT2D eigenvalue weighted by Gasteiger charge is 2.14. The van der Waals surface area contributed by atoms with Gasteiger partial charge in [-0.15, -0.1) is 0 Å². The molecule has 116 valence electrons. The monoisotopic (exact) mass is 302 g/mol. The van der Waals surface area contributed by atoms with E-state index in [1.54, 1.807) is 19.2 Å². The van der Waals surface area contributed by atoms with E-state index in [9.17, 15) is 9.59 Å². The summed E-state index contributed by atoms with van der Waals surface area (Å²) in [5.74, 6) is -0.656. The van der Waals surface area contributed by atoms with Crippen molar-refractivity contribution in [3.05, 3.63) is 36.4 Å². The Labute approximate surface area is 127 Å². The number of nitrogens with one attached hydrogen (secondary N) is 1. The fraction of sp³-hybridized carbons (Fsp3) is 0.250. The Kier molecular flexibility index (Phi) is 4.95. The van der Waals surface area contributed by atoms with Gasteiger partial charge in [-0.05, 0) is 18.6 Å². The van der Waals surface area contributed by atoms with Crippen LogP contribution in [0.3, 0.4) is 0 Å². The largest absolute Gasteiger partial charge is 0.496 e. The van der Waals surface area contributed by atoms with E-state index in [0.717, 1.165) is 16.5 Å². The number of rotatable bonds is 6. The summed E-state index contributed by atoms with van der Waals surface area (Å²) >= 11 is 0. The molecule has 0 unspecified atom stereocenters. The lowest BCUT2D eigenvalue weighted by Crippen LogP contribution is -2.31. The minimum Gasteiger partial charge on any atom is -0.496 e. The van der Waals surface area contributed by atoms with E-state index >= 15 is 0 Å². The second kappa shape index (κ2) is 6.91. The Balaban J connectivity index is 2.15. The molecule has 6 nitrogen and oxygen atoms in total. The first-order valence-electron chi connectivity index (χ1n) is 6.87. The summed E-state index contributed by atoms with van der Waals surface area (Å²) in [6.45, 7) is 0. The SMILES string of the molecule is COc1ccc(NC(=O)CC[C@H](N)C(=O)O)c2ccccc12. The third-order valence-corrected chi connectivity index (χ3v) is 3.38. The van der Waals surface area contributed by atoms with Crippen molar-refractivity contribution in [1.82, 2.24) is 0 Å². The van der Waals surface area contributed by atoms with Crippen LogP contribution in [-0.2, 0) is 9.59 Å². The lowest BCUT2D eigenvalue weighted by molar-refractivity contribution is -0.138. The first-order valence-corrected chi connectivity index (χ1v) is 6.87. The molecule has 0 heterocycles. The normalized spacial score (nSPS) is 11.9. The molecule has 2 aromatic rings. The smallest absolute Gasteiger partial charge is 0.320 e. The van der Waals surface area contributed by atoms with Gasteiger partial charge in [-0.3, -0.25) is 9.59 Å². The van der Waals surface area contributed by atoms with Crippen LogP contribution in [0.4, 0.5) is 5.69 Å². The number of fused-ring (bicyclic) bond motifs is 1. The maximum atomic E-state index is 11.9. The fourth-order valence-corrected chi connectivity index (χ4v) is 2.18. The standard InChI is InChI=1S/C16H18N2O4/c1-22-14-8-7-13(10-4-2-3-5-11(10)14)18-15(19)9-6-12(17)16(20)21/h2-5,7-8,12H,6,9,17H2,1H3,(H,18,19)(H,20,21)/t12-/m0/s1. The van der Waals surface area contributed by atoms with Crippen LogP contribution in [0.5, 0.6) is 5.75 Å². The van der Waals surface area contributed by atoms with Crippen LogP contribution >= 0.6 is 0 Å². The van der Waals surface area contributed by atoms with E-state index in [-0.39, 0.29) is 18.7 Å². The molecule has 6 heteroatoms. The number of aliphatic carboxylic acids is 1. The van der Waals surface area contributed by atoms with Crippen LogP contribution in [0.25, 0.3) is 10.8 Å². The fourth-order valence-electron chi connectivity index (χ4n) is 2.18. The van der Waals surface area contributed by atoms with Crippen LogP contribution in [0.2, 0.25) is 0 Å². The van der Waals surface area contributed by atoms with Crippen molar-refractivity contribution in [3.63, 3.8) is 0 Å². The summed E-state index contributed by atoms with van der Waals surface area (Å²) < 4.78 is 5.30. The number of methoxy groups -OCH3 is 1. The molecular weight excluding hydrogens is 284 g/mol. The molecule has 2 aromatic carbocycles. The van der Waals surface area contributed by atoms with Gasteiger partial charge in [-0.2, -0.15) is 0 Å². The summed E-state index contributed by atoms with van der Waals surface area (Å²) in [4.78, 5) is 22.6. The van der Waals surface area contributed by atoms with Gasteiger partial charge in [0.1, 0.15) is 11.8 Å². The number of carbonyl (C=O) groups excluding carboxylic acids is 1. The number of carboxylic acids is 1. The Morgan fingerprint density at radius 1 is 1.23 bits per heavy atom. The molecule has 22 heavy (non-hydrogen) atoms. The van der Waals surface area contributed by atoms with Gasteiger partial charge in [-0.25, -0.2) is 0 Å². The van der Waals surface area contributed by atoms with Gasteiger partial charge in [-0.1, -0.05) is 24.3 Å². The van der Waals surface area contributed by atoms with Crippen LogP contribution in [-0.4, -0.2) is 30.1 Å². The van der Waals surface area contributed by atoms with Crippen molar-refractivity contribution in [1.29, 1.82) is 0 Å². The quantitative estimate of drug-likeness (QED) is 0.757. The average Bonchev–Trinajstić information content (AvgIpc) is 2.52. The van der Waals surface area contributed by atoms with Gasteiger partial charge >= 0.3 is 5.97 Å². The summed E-state index contributed by atoms with van der Waals surface area (Å²) in [6.07, 6.45) is 0.142. The Morgan fingerprint density at radius 3 is 2.55 bits per heavy atom. The molecular formula is C16H18N2O4. The minimum atomic E-state index is -1.11. The van der Waals surface area contributed by atoms with Crippen molar-refractivity contribution in [3.8, 4) is 5.75 Å². The molecule has 0 bridgehead atoms. The van der Waals surface area contributed by atoms with Gasteiger partial charge in [0.05, 0.1) is 7.11 Å². The summed E-state index contributed by atoms with van der Waals surface area (Å²) in [6, 6.07) is 10.1. The predicted octanol–water partition coefficient (Wildman–Crippen LogP) is 1.98. The summed E-state index contributed by atoms with van der Waals surface area (Å²) in [5, 5.41) is 13.3. The number of carbonyl (C=O) groups is 2. The molecule has 0 fully saturated rings. The lowest BCUT2D eigenvalue weighted by atomic mass is 10.1. The van der Waals surface area contributed by atoms with Gasteiger partial charge < -0.3 is 20.9 Å². The number of hydrogen-bond donors (Lipinski definition) is 3. The van der Waals surface area contributed by atoms with Crippen molar-refractivity contribution in [2.45, 2.75) is 18.9 Å². The molecule has 0 radical (unpaired) electrons. The lowest BCUT2D eigenvalue weighted by Gasteiger charge is -2.12. The zero-order valence-corrected chi connectivity index (χ0v) is 12.2. The number of benzene rings is 2. The molecule has 1 amide bonds. The molecule has 4 N–H and O–H groups in total. The van der Waals surface area contributed by atoms with E-state index in [1.165, 1.54) is 0 Å².